The average Bonchev–Trinajstić information content (AvgIpc) is 2.26. The Morgan fingerprint density at radius 1 is 1.13 bits per heavy atom. The van der Waals surface area contributed by atoms with Gasteiger partial charge in [-0.05, 0) is 25.0 Å². The number of hydrogen-bond donors (Lipinski definition) is 1. The van der Waals surface area contributed by atoms with Crippen LogP contribution in [0.2, 0.25) is 0 Å². The molecule has 0 saturated carbocycles. The molecule has 1 N–H and O–H groups in total. The van der Waals surface area contributed by atoms with E-state index in [0.29, 0.717) is 5.56 Å². The molecular formula is C12H12N2O. The van der Waals surface area contributed by atoms with Crippen LogP contribution in [0.3, 0.4) is 0 Å². The molecule has 2 rings (SSSR count). The molecule has 0 atom stereocenters. The van der Waals surface area contributed by atoms with Crippen LogP contribution in [-0.2, 0) is 0 Å². The highest BCUT2D eigenvalue weighted by molar-refractivity contribution is 5.66. The molecule has 2 aromatic rings. The molecule has 15 heavy (non-hydrogen) atoms. The van der Waals surface area contributed by atoms with Gasteiger partial charge in [-0.3, -0.25) is 4.79 Å². The second-order valence-electron chi connectivity index (χ2n) is 3.50. The number of aromatic amines is 1. The SMILES string of the molecule is Cc1n[nH]c(=O)c(-c2ccccc2)c1C. The Balaban J connectivity index is 2.73. The summed E-state index contributed by atoms with van der Waals surface area (Å²) in [4.78, 5) is 11.7. The summed E-state index contributed by atoms with van der Waals surface area (Å²) >= 11 is 0. The number of rotatable bonds is 1. The van der Waals surface area contributed by atoms with Crippen molar-refractivity contribution < 1.29 is 0 Å². The van der Waals surface area contributed by atoms with E-state index in [1.54, 1.807) is 0 Å². The minimum absolute atomic E-state index is 0.135. The van der Waals surface area contributed by atoms with Crippen molar-refractivity contribution in [3.05, 3.63) is 51.9 Å². The van der Waals surface area contributed by atoms with E-state index in [2.05, 4.69) is 10.2 Å². The lowest BCUT2D eigenvalue weighted by atomic mass is 10.0. The molecule has 76 valence electrons. The van der Waals surface area contributed by atoms with Crippen LogP contribution in [0.25, 0.3) is 11.1 Å². The molecule has 0 radical (unpaired) electrons. The molecule has 1 aromatic carbocycles. The van der Waals surface area contributed by atoms with E-state index < -0.39 is 0 Å². The van der Waals surface area contributed by atoms with Gasteiger partial charge in [0.25, 0.3) is 5.56 Å². The van der Waals surface area contributed by atoms with Crippen LogP contribution in [0, 0.1) is 13.8 Å². The van der Waals surface area contributed by atoms with Gasteiger partial charge in [0.05, 0.1) is 11.3 Å². The Bertz CT molecular complexity index is 529. The van der Waals surface area contributed by atoms with E-state index >= 15 is 0 Å². The van der Waals surface area contributed by atoms with Gasteiger partial charge in [0, 0.05) is 0 Å². The van der Waals surface area contributed by atoms with E-state index in [-0.39, 0.29) is 5.56 Å². The second-order valence-corrected chi connectivity index (χ2v) is 3.50. The Morgan fingerprint density at radius 2 is 1.80 bits per heavy atom. The first kappa shape index (κ1) is 9.65. The lowest BCUT2D eigenvalue weighted by Gasteiger charge is -2.05. The number of aromatic nitrogens is 2. The molecule has 0 amide bonds. The van der Waals surface area contributed by atoms with Crippen LogP contribution in [0.1, 0.15) is 11.3 Å². The van der Waals surface area contributed by atoms with Gasteiger partial charge in [-0.15, -0.1) is 0 Å². The van der Waals surface area contributed by atoms with Crippen LogP contribution in [0.15, 0.2) is 35.1 Å². The zero-order chi connectivity index (χ0) is 10.8. The van der Waals surface area contributed by atoms with E-state index in [0.717, 1.165) is 16.8 Å². The highest BCUT2D eigenvalue weighted by Crippen LogP contribution is 2.19. The van der Waals surface area contributed by atoms with E-state index in [4.69, 9.17) is 0 Å². The van der Waals surface area contributed by atoms with Crippen molar-refractivity contribution in [2.45, 2.75) is 13.8 Å². The van der Waals surface area contributed by atoms with Gasteiger partial charge in [-0.25, -0.2) is 5.10 Å². The molecule has 0 fully saturated rings. The van der Waals surface area contributed by atoms with Crippen molar-refractivity contribution in [2.24, 2.45) is 0 Å². The molecule has 3 nitrogen and oxygen atoms in total. The number of nitrogens with zero attached hydrogens (tertiary/aromatic N) is 1. The molecule has 0 aliphatic rings. The number of aryl methyl sites for hydroxylation is 1. The van der Waals surface area contributed by atoms with Gasteiger partial charge in [0.2, 0.25) is 0 Å². The molecule has 3 heteroatoms. The minimum atomic E-state index is -0.135. The molecule has 0 saturated heterocycles. The molecule has 0 aliphatic carbocycles. The van der Waals surface area contributed by atoms with Gasteiger partial charge < -0.3 is 0 Å². The maximum absolute atomic E-state index is 11.7. The summed E-state index contributed by atoms with van der Waals surface area (Å²) in [5.74, 6) is 0. The zero-order valence-electron chi connectivity index (χ0n) is 8.74. The number of H-pyrrole nitrogens is 1. The fourth-order valence-electron chi connectivity index (χ4n) is 1.58. The largest absolute Gasteiger partial charge is 0.272 e. The third kappa shape index (κ3) is 1.68. The summed E-state index contributed by atoms with van der Waals surface area (Å²) in [7, 11) is 0. The Morgan fingerprint density at radius 3 is 2.47 bits per heavy atom. The summed E-state index contributed by atoms with van der Waals surface area (Å²) in [5, 5.41) is 6.43. The predicted octanol–water partition coefficient (Wildman–Crippen LogP) is 2.05. The lowest BCUT2D eigenvalue weighted by molar-refractivity contribution is 0.932. The number of nitrogens with one attached hydrogen (secondary N) is 1. The maximum Gasteiger partial charge on any atom is 0.272 e. The zero-order valence-corrected chi connectivity index (χ0v) is 8.74. The van der Waals surface area contributed by atoms with E-state index in [1.165, 1.54) is 0 Å². The van der Waals surface area contributed by atoms with Gasteiger partial charge in [-0.2, -0.15) is 5.10 Å². The first-order valence-electron chi connectivity index (χ1n) is 4.81. The maximum atomic E-state index is 11.7. The average molecular weight is 200 g/mol. The van der Waals surface area contributed by atoms with Gasteiger partial charge in [0.1, 0.15) is 0 Å². The quantitative estimate of drug-likeness (QED) is 0.765. The summed E-state index contributed by atoms with van der Waals surface area (Å²) in [6, 6.07) is 9.63. The Kier molecular flexibility index (Phi) is 2.37. The van der Waals surface area contributed by atoms with Crippen LogP contribution < -0.4 is 5.56 Å². The van der Waals surface area contributed by atoms with Gasteiger partial charge >= 0.3 is 0 Å². The summed E-state index contributed by atoms with van der Waals surface area (Å²) in [5.41, 5.74) is 3.30. The molecule has 1 heterocycles. The molecule has 1 aromatic heterocycles. The summed E-state index contributed by atoms with van der Waals surface area (Å²) in [6.07, 6.45) is 0. The second kappa shape index (κ2) is 3.69. The first-order valence-corrected chi connectivity index (χ1v) is 4.81. The Hall–Kier alpha value is -1.90. The summed E-state index contributed by atoms with van der Waals surface area (Å²) < 4.78 is 0. The highest BCUT2D eigenvalue weighted by Gasteiger charge is 2.08. The highest BCUT2D eigenvalue weighted by atomic mass is 16.1. The predicted molar refractivity (Wildman–Crippen MR) is 59.8 cm³/mol. The minimum Gasteiger partial charge on any atom is -0.267 e. The molecule has 0 spiro atoms. The standard InChI is InChI=1S/C12H12N2O/c1-8-9(2)13-14-12(15)11(8)10-6-4-3-5-7-10/h3-7H,1-2H3,(H,14,15). The van der Waals surface area contributed by atoms with Gasteiger partial charge in [0.15, 0.2) is 0 Å². The van der Waals surface area contributed by atoms with Gasteiger partial charge in [-0.1, -0.05) is 30.3 Å². The van der Waals surface area contributed by atoms with Crippen molar-refractivity contribution in [2.75, 3.05) is 0 Å². The summed E-state index contributed by atoms with van der Waals surface area (Å²) in [6.45, 7) is 3.80. The smallest absolute Gasteiger partial charge is 0.267 e. The normalized spacial score (nSPS) is 10.3. The van der Waals surface area contributed by atoms with Crippen molar-refractivity contribution in [1.29, 1.82) is 0 Å². The van der Waals surface area contributed by atoms with Crippen molar-refractivity contribution in [1.82, 2.24) is 10.2 Å². The topological polar surface area (TPSA) is 45.8 Å². The van der Waals surface area contributed by atoms with E-state index in [1.807, 2.05) is 44.2 Å². The monoisotopic (exact) mass is 200 g/mol. The van der Waals surface area contributed by atoms with Crippen LogP contribution in [-0.4, -0.2) is 10.2 Å². The molecular weight excluding hydrogens is 188 g/mol. The van der Waals surface area contributed by atoms with Crippen LogP contribution >= 0.6 is 0 Å². The van der Waals surface area contributed by atoms with Crippen molar-refractivity contribution in [3.63, 3.8) is 0 Å². The van der Waals surface area contributed by atoms with E-state index in [9.17, 15) is 4.79 Å². The van der Waals surface area contributed by atoms with Crippen molar-refractivity contribution >= 4 is 0 Å². The third-order valence-corrected chi connectivity index (χ3v) is 2.53. The third-order valence-electron chi connectivity index (χ3n) is 2.53. The van der Waals surface area contributed by atoms with Crippen LogP contribution in [0.4, 0.5) is 0 Å². The lowest BCUT2D eigenvalue weighted by Crippen LogP contribution is -2.14. The van der Waals surface area contributed by atoms with Crippen LogP contribution in [0.5, 0.6) is 0 Å². The molecule has 0 unspecified atom stereocenters. The molecule has 0 bridgehead atoms. The van der Waals surface area contributed by atoms with Crippen molar-refractivity contribution in [3.8, 4) is 11.1 Å². The number of hydrogen-bond acceptors (Lipinski definition) is 2. The number of benzene rings is 1. The fourth-order valence-corrected chi connectivity index (χ4v) is 1.58. The molecule has 0 aliphatic heterocycles. The first-order chi connectivity index (χ1) is 7.20. The fraction of sp³-hybridized carbons (Fsp3) is 0.167. The Labute approximate surface area is 87.8 Å².